The van der Waals surface area contributed by atoms with Crippen molar-refractivity contribution in [2.75, 3.05) is 6.61 Å². The monoisotopic (exact) mass is 400 g/mol. The minimum Gasteiger partial charge on any atom is -0.494 e. The maximum atomic E-state index is 6.00. The molecule has 0 N–H and O–H groups in total. The highest BCUT2D eigenvalue weighted by Crippen LogP contribution is 2.20. The van der Waals surface area contributed by atoms with Crippen LogP contribution in [0.1, 0.15) is 29.8 Å². The highest BCUT2D eigenvalue weighted by atomic mass is 16.5. The topological polar surface area (TPSA) is 36.3 Å². The van der Waals surface area contributed by atoms with Gasteiger partial charge in [-0.1, -0.05) is 47.5 Å². The quantitative estimate of drug-likeness (QED) is 0.319. The average molecular weight is 401 g/mol. The molecule has 3 aromatic carbocycles. The summed E-state index contributed by atoms with van der Waals surface area (Å²) >= 11 is 0. The first-order valence-corrected chi connectivity index (χ1v) is 10.5. The molecular weight excluding hydrogens is 372 g/mol. The highest BCUT2D eigenvalue weighted by molar-refractivity contribution is 5.75. The first-order valence-electron chi connectivity index (χ1n) is 10.5. The third-order valence-corrected chi connectivity index (χ3v) is 5.19. The van der Waals surface area contributed by atoms with Crippen molar-refractivity contribution in [2.45, 2.75) is 39.8 Å². The molecule has 0 aliphatic rings. The summed E-state index contributed by atoms with van der Waals surface area (Å²) in [5.74, 6) is 2.75. The second-order valence-corrected chi connectivity index (χ2v) is 7.64. The van der Waals surface area contributed by atoms with Crippen LogP contribution in [0, 0.1) is 13.8 Å². The van der Waals surface area contributed by atoms with Crippen molar-refractivity contribution in [3.63, 3.8) is 0 Å². The van der Waals surface area contributed by atoms with E-state index >= 15 is 0 Å². The molecule has 30 heavy (non-hydrogen) atoms. The van der Waals surface area contributed by atoms with Gasteiger partial charge in [-0.2, -0.15) is 0 Å². The molecule has 0 saturated heterocycles. The molecule has 4 nitrogen and oxygen atoms in total. The number of para-hydroxylation sites is 2. The van der Waals surface area contributed by atoms with Crippen LogP contribution in [0.2, 0.25) is 0 Å². The minimum atomic E-state index is 0.456. The fourth-order valence-electron chi connectivity index (χ4n) is 3.46. The zero-order chi connectivity index (χ0) is 20.8. The molecule has 0 unspecified atom stereocenters. The molecular formula is C26H28N2O2. The summed E-state index contributed by atoms with van der Waals surface area (Å²) in [5, 5.41) is 0. The van der Waals surface area contributed by atoms with Gasteiger partial charge in [0.25, 0.3) is 0 Å². The predicted molar refractivity (Wildman–Crippen MR) is 121 cm³/mol. The largest absolute Gasteiger partial charge is 0.494 e. The number of benzene rings is 3. The molecule has 0 aliphatic carbocycles. The lowest BCUT2D eigenvalue weighted by Gasteiger charge is -2.11. The molecule has 0 radical (unpaired) electrons. The lowest BCUT2D eigenvalue weighted by Crippen LogP contribution is -2.09. The molecule has 1 heterocycles. The van der Waals surface area contributed by atoms with Crippen LogP contribution in [0.15, 0.2) is 72.8 Å². The molecule has 0 spiro atoms. The van der Waals surface area contributed by atoms with Crippen LogP contribution in [0.4, 0.5) is 0 Å². The van der Waals surface area contributed by atoms with E-state index in [9.17, 15) is 0 Å². The van der Waals surface area contributed by atoms with Crippen molar-refractivity contribution >= 4 is 11.0 Å². The first-order chi connectivity index (χ1) is 14.7. The number of aryl methyl sites for hydroxylation is 3. The van der Waals surface area contributed by atoms with Crippen molar-refractivity contribution in [3.8, 4) is 11.5 Å². The van der Waals surface area contributed by atoms with Crippen LogP contribution >= 0.6 is 0 Å². The second kappa shape index (κ2) is 9.49. The number of rotatable bonds is 9. The Morgan fingerprint density at radius 3 is 2.07 bits per heavy atom. The summed E-state index contributed by atoms with van der Waals surface area (Å²) in [6.45, 7) is 6.22. The Bertz CT molecular complexity index is 1080. The van der Waals surface area contributed by atoms with Gasteiger partial charge in [-0.25, -0.2) is 4.98 Å². The summed E-state index contributed by atoms with van der Waals surface area (Å²) in [7, 11) is 0. The van der Waals surface area contributed by atoms with Crippen molar-refractivity contribution in [3.05, 3.63) is 89.7 Å². The van der Waals surface area contributed by atoms with Gasteiger partial charge in [-0.15, -0.1) is 0 Å². The van der Waals surface area contributed by atoms with E-state index in [0.717, 1.165) is 47.7 Å². The molecule has 0 atom stereocenters. The van der Waals surface area contributed by atoms with Crippen LogP contribution in [0.5, 0.6) is 11.5 Å². The SMILES string of the molecule is Cc1ccc(OCCCCn2c(COc3ccc(C)cc3)nc3ccccc32)cc1. The molecule has 0 aliphatic heterocycles. The third-order valence-electron chi connectivity index (χ3n) is 5.19. The maximum Gasteiger partial charge on any atom is 0.147 e. The Morgan fingerprint density at radius 1 is 0.733 bits per heavy atom. The molecule has 154 valence electrons. The fraction of sp³-hybridized carbons (Fsp3) is 0.269. The fourth-order valence-corrected chi connectivity index (χ4v) is 3.46. The van der Waals surface area contributed by atoms with Crippen molar-refractivity contribution < 1.29 is 9.47 Å². The number of fused-ring (bicyclic) bond motifs is 1. The summed E-state index contributed by atoms with van der Waals surface area (Å²) in [6.07, 6.45) is 2.00. The first kappa shape index (κ1) is 20.0. The minimum absolute atomic E-state index is 0.456. The Balaban J connectivity index is 1.37. The molecule has 4 heteroatoms. The second-order valence-electron chi connectivity index (χ2n) is 7.64. The summed E-state index contributed by atoms with van der Waals surface area (Å²) < 4.78 is 14.1. The van der Waals surface area contributed by atoms with E-state index in [1.54, 1.807) is 0 Å². The van der Waals surface area contributed by atoms with Gasteiger partial charge in [0, 0.05) is 6.54 Å². The molecule has 0 bridgehead atoms. The van der Waals surface area contributed by atoms with E-state index < -0.39 is 0 Å². The van der Waals surface area contributed by atoms with Crippen LogP contribution < -0.4 is 9.47 Å². The number of imidazole rings is 1. The number of hydrogen-bond acceptors (Lipinski definition) is 3. The van der Waals surface area contributed by atoms with Crippen molar-refractivity contribution in [1.82, 2.24) is 9.55 Å². The summed E-state index contributed by atoms with van der Waals surface area (Å²) in [6, 6.07) is 24.6. The third kappa shape index (κ3) is 5.01. The van der Waals surface area contributed by atoms with Gasteiger partial charge in [0.1, 0.15) is 23.9 Å². The number of nitrogens with zero attached hydrogens (tertiary/aromatic N) is 2. The van der Waals surface area contributed by atoms with Crippen LogP contribution in [0.3, 0.4) is 0 Å². The molecule has 0 saturated carbocycles. The van der Waals surface area contributed by atoms with Gasteiger partial charge >= 0.3 is 0 Å². The smallest absolute Gasteiger partial charge is 0.147 e. The predicted octanol–water partition coefficient (Wildman–Crippen LogP) is 6.09. The molecule has 4 aromatic rings. The average Bonchev–Trinajstić information content (AvgIpc) is 3.12. The van der Waals surface area contributed by atoms with Gasteiger partial charge in [0.15, 0.2) is 0 Å². The van der Waals surface area contributed by atoms with Gasteiger partial charge < -0.3 is 14.0 Å². The Kier molecular flexibility index (Phi) is 6.33. The van der Waals surface area contributed by atoms with Crippen molar-refractivity contribution in [2.24, 2.45) is 0 Å². The lowest BCUT2D eigenvalue weighted by molar-refractivity contribution is 0.285. The molecule has 4 rings (SSSR count). The van der Waals surface area contributed by atoms with Gasteiger partial charge in [-0.3, -0.25) is 0 Å². The van der Waals surface area contributed by atoms with E-state index in [0.29, 0.717) is 13.2 Å². The van der Waals surface area contributed by atoms with E-state index in [1.807, 2.05) is 30.3 Å². The Labute approximate surface area is 178 Å². The van der Waals surface area contributed by atoms with E-state index in [4.69, 9.17) is 14.5 Å². The lowest BCUT2D eigenvalue weighted by atomic mass is 10.2. The van der Waals surface area contributed by atoms with E-state index in [-0.39, 0.29) is 0 Å². The number of unbranched alkanes of at least 4 members (excludes halogenated alkanes) is 1. The van der Waals surface area contributed by atoms with Gasteiger partial charge in [0.2, 0.25) is 0 Å². The maximum absolute atomic E-state index is 6.00. The zero-order valence-corrected chi connectivity index (χ0v) is 17.7. The highest BCUT2D eigenvalue weighted by Gasteiger charge is 2.11. The van der Waals surface area contributed by atoms with Gasteiger partial charge in [0.05, 0.1) is 17.6 Å². The zero-order valence-electron chi connectivity index (χ0n) is 17.7. The van der Waals surface area contributed by atoms with Gasteiger partial charge in [-0.05, 0) is 63.1 Å². The standard InChI is InChI=1S/C26H28N2O2/c1-20-9-13-22(14-10-20)29-18-6-5-17-28-25-8-4-3-7-24(25)27-26(28)19-30-23-15-11-21(2)12-16-23/h3-4,7-16H,5-6,17-19H2,1-2H3. The normalized spacial score (nSPS) is 11.0. The molecule has 0 fully saturated rings. The van der Waals surface area contributed by atoms with Crippen LogP contribution in [0.25, 0.3) is 11.0 Å². The molecule has 0 amide bonds. The van der Waals surface area contributed by atoms with Crippen LogP contribution in [-0.4, -0.2) is 16.2 Å². The van der Waals surface area contributed by atoms with Crippen LogP contribution in [-0.2, 0) is 13.2 Å². The number of aromatic nitrogens is 2. The van der Waals surface area contributed by atoms with E-state index in [1.165, 1.54) is 11.1 Å². The van der Waals surface area contributed by atoms with E-state index in [2.05, 4.69) is 60.9 Å². The Hall–Kier alpha value is -3.27. The molecule has 1 aromatic heterocycles. The van der Waals surface area contributed by atoms with Crippen molar-refractivity contribution in [1.29, 1.82) is 0 Å². The summed E-state index contributed by atoms with van der Waals surface area (Å²) in [4.78, 5) is 4.81. The number of ether oxygens (including phenoxy) is 2. The Morgan fingerprint density at radius 2 is 1.37 bits per heavy atom. The summed E-state index contributed by atoms with van der Waals surface area (Å²) in [5.41, 5.74) is 4.63. The number of hydrogen-bond donors (Lipinski definition) is 0.